The van der Waals surface area contributed by atoms with Gasteiger partial charge in [0.15, 0.2) is 0 Å². The SMILES string of the molecule is C#CCn1ncc(Cl)c(NC(c2cccs2)C(C)C)c1=O. The van der Waals surface area contributed by atoms with Gasteiger partial charge in [0.2, 0.25) is 0 Å². The van der Waals surface area contributed by atoms with Gasteiger partial charge in [0.1, 0.15) is 12.2 Å². The number of anilines is 1. The number of rotatable bonds is 5. The first kappa shape index (κ1) is 15.6. The smallest absolute Gasteiger partial charge is 0.292 e. The molecule has 0 aliphatic heterocycles. The predicted octanol–water partition coefficient (Wildman–Crippen LogP) is 3.40. The number of hydrogen-bond acceptors (Lipinski definition) is 4. The minimum absolute atomic E-state index is 0.0110. The van der Waals surface area contributed by atoms with Gasteiger partial charge in [-0.15, -0.1) is 17.8 Å². The molecule has 0 fully saturated rings. The maximum atomic E-state index is 12.4. The topological polar surface area (TPSA) is 46.9 Å². The van der Waals surface area contributed by atoms with Crippen LogP contribution in [0, 0.1) is 18.3 Å². The van der Waals surface area contributed by atoms with Crippen LogP contribution in [0.15, 0.2) is 28.5 Å². The van der Waals surface area contributed by atoms with Crippen LogP contribution in [0.3, 0.4) is 0 Å². The lowest BCUT2D eigenvalue weighted by molar-refractivity contribution is 0.550. The molecule has 1 atom stereocenters. The third kappa shape index (κ3) is 3.46. The van der Waals surface area contributed by atoms with E-state index in [-0.39, 0.29) is 18.1 Å². The van der Waals surface area contributed by atoms with E-state index in [1.54, 1.807) is 11.3 Å². The molecule has 1 unspecified atom stereocenters. The zero-order chi connectivity index (χ0) is 15.4. The molecule has 2 heterocycles. The molecule has 0 aliphatic carbocycles. The second-order valence-electron chi connectivity index (χ2n) is 4.92. The second kappa shape index (κ2) is 6.79. The Kier molecular flexibility index (Phi) is 5.05. The highest BCUT2D eigenvalue weighted by Crippen LogP contribution is 2.30. The number of nitrogens with zero attached hydrogens (tertiary/aromatic N) is 2. The highest BCUT2D eigenvalue weighted by atomic mass is 35.5. The second-order valence-corrected chi connectivity index (χ2v) is 6.30. The summed E-state index contributed by atoms with van der Waals surface area (Å²) in [6.07, 6.45) is 6.68. The number of thiophene rings is 1. The summed E-state index contributed by atoms with van der Waals surface area (Å²) in [6.45, 7) is 4.30. The van der Waals surface area contributed by atoms with Gasteiger partial charge < -0.3 is 5.32 Å². The number of hydrogen-bond donors (Lipinski definition) is 1. The number of terminal acetylenes is 1. The molecule has 1 N–H and O–H groups in total. The quantitative estimate of drug-likeness (QED) is 0.859. The summed E-state index contributed by atoms with van der Waals surface area (Å²) in [5.74, 6) is 2.71. The van der Waals surface area contributed by atoms with Crippen molar-refractivity contribution in [3.8, 4) is 12.3 Å². The van der Waals surface area contributed by atoms with Crippen molar-refractivity contribution in [3.05, 3.63) is 44.0 Å². The molecule has 6 heteroatoms. The fourth-order valence-electron chi connectivity index (χ4n) is 1.99. The summed E-state index contributed by atoms with van der Waals surface area (Å²) >= 11 is 7.77. The summed E-state index contributed by atoms with van der Waals surface area (Å²) in [5, 5.41) is 9.50. The molecule has 21 heavy (non-hydrogen) atoms. The van der Waals surface area contributed by atoms with Gasteiger partial charge >= 0.3 is 0 Å². The molecule has 0 aromatic carbocycles. The number of nitrogens with one attached hydrogen (secondary N) is 1. The van der Waals surface area contributed by atoms with Gasteiger partial charge in [-0.3, -0.25) is 4.79 Å². The number of aromatic nitrogens is 2. The Balaban J connectivity index is 2.40. The van der Waals surface area contributed by atoms with E-state index >= 15 is 0 Å². The predicted molar refractivity (Wildman–Crippen MR) is 87.9 cm³/mol. The lowest BCUT2D eigenvalue weighted by atomic mass is 10.0. The van der Waals surface area contributed by atoms with Crippen LogP contribution in [-0.4, -0.2) is 9.78 Å². The van der Waals surface area contributed by atoms with Crippen molar-refractivity contribution < 1.29 is 0 Å². The molecule has 4 nitrogen and oxygen atoms in total. The molecule has 2 aromatic rings. The maximum Gasteiger partial charge on any atom is 0.292 e. The van der Waals surface area contributed by atoms with Crippen LogP contribution >= 0.6 is 22.9 Å². The Morgan fingerprint density at radius 1 is 1.57 bits per heavy atom. The average Bonchev–Trinajstić information content (AvgIpc) is 2.95. The molecule has 2 aromatic heterocycles. The molecule has 0 spiro atoms. The molecule has 110 valence electrons. The molecule has 0 radical (unpaired) electrons. The van der Waals surface area contributed by atoms with E-state index in [0.29, 0.717) is 16.6 Å². The van der Waals surface area contributed by atoms with Gasteiger partial charge in [-0.2, -0.15) is 5.10 Å². The highest BCUT2D eigenvalue weighted by Gasteiger charge is 2.20. The molecule has 0 bridgehead atoms. The van der Waals surface area contributed by atoms with Crippen molar-refractivity contribution >= 4 is 28.6 Å². The average molecular weight is 322 g/mol. The van der Waals surface area contributed by atoms with Gasteiger partial charge in [-0.1, -0.05) is 37.4 Å². The first-order valence-corrected chi connectivity index (χ1v) is 7.79. The monoisotopic (exact) mass is 321 g/mol. The first-order valence-electron chi connectivity index (χ1n) is 6.53. The largest absolute Gasteiger partial charge is 0.371 e. The van der Waals surface area contributed by atoms with Crippen molar-refractivity contribution in [3.63, 3.8) is 0 Å². The van der Waals surface area contributed by atoms with E-state index in [9.17, 15) is 4.79 Å². The molecule has 0 amide bonds. The van der Waals surface area contributed by atoms with Crippen molar-refractivity contribution in [2.75, 3.05) is 5.32 Å². The van der Waals surface area contributed by atoms with Crippen LogP contribution in [0.2, 0.25) is 5.02 Å². The Bertz CT molecular complexity index is 701. The van der Waals surface area contributed by atoms with Crippen molar-refractivity contribution in [1.29, 1.82) is 0 Å². The Morgan fingerprint density at radius 2 is 2.33 bits per heavy atom. The van der Waals surface area contributed by atoms with E-state index in [1.807, 2.05) is 17.5 Å². The van der Waals surface area contributed by atoms with Gasteiger partial charge in [-0.25, -0.2) is 4.68 Å². The van der Waals surface area contributed by atoms with Gasteiger partial charge in [-0.05, 0) is 17.4 Å². The molecule has 0 saturated carbocycles. The molecular formula is C15H16ClN3OS. The standard InChI is InChI=1S/C15H16ClN3OS/c1-4-7-19-15(20)14(11(16)9-17-19)18-13(10(2)3)12-6-5-8-21-12/h1,5-6,8-10,13,18H,7H2,2-3H3. The summed E-state index contributed by atoms with van der Waals surface area (Å²) < 4.78 is 1.22. The molecule has 0 aliphatic rings. The Morgan fingerprint density at radius 3 is 2.90 bits per heavy atom. The molecular weight excluding hydrogens is 306 g/mol. The summed E-state index contributed by atoms with van der Waals surface area (Å²) in [7, 11) is 0. The highest BCUT2D eigenvalue weighted by molar-refractivity contribution is 7.10. The van der Waals surface area contributed by atoms with Gasteiger partial charge in [0.25, 0.3) is 5.56 Å². The minimum Gasteiger partial charge on any atom is -0.371 e. The molecule has 0 saturated heterocycles. The van der Waals surface area contributed by atoms with Crippen molar-refractivity contribution in [1.82, 2.24) is 9.78 Å². The normalized spacial score (nSPS) is 12.1. The lowest BCUT2D eigenvalue weighted by Crippen LogP contribution is -2.28. The maximum absolute atomic E-state index is 12.4. The minimum atomic E-state index is -0.303. The van der Waals surface area contributed by atoms with Crippen molar-refractivity contribution in [2.45, 2.75) is 26.4 Å². The third-order valence-electron chi connectivity index (χ3n) is 3.05. The van der Waals surface area contributed by atoms with E-state index in [0.717, 1.165) is 4.88 Å². The van der Waals surface area contributed by atoms with Crippen LogP contribution in [0.25, 0.3) is 0 Å². The summed E-state index contributed by atoms with van der Waals surface area (Å²) in [4.78, 5) is 13.5. The zero-order valence-corrected chi connectivity index (χ0v) is 13.4. The fraction of sp³-hybridized carbons (Fsp3) is 0.333. The van der Waals surface area contributed by atoms with E-state index in [2.05, 4.69) is 30.2 Å². The third-order valence-corrected chi connectivity index (χ3v) is 4.30. The van der Waals surface area contributed by atoms with Crippen LogP contribution < -0.4 is 10.9 Å². The molecule has 2 rings (SSSR count). The fourth-order valence-corrected chi connectivity index (χ4v) is 3.12. The van der Waals surface area contributed by atoms with E-state index < -0.39 is 0 Å². The van der Waals surface area contributed by atoms with E-state index in [1.165, 1.54) is 10.9 Å². The first-order chi connectivity index (χ1) is 10.0. The van der Waals surface area contributed by atoms with Crippen LogP contribution in [0.4, 0.5) is 5.69 Å². The van der Waals surface area contributed by atoms with Gasteiger partial charge in [0, 0.05) is 4.88 Å². The Hall–Kier alpha value is -1.77. The van der Waals surface area contributed by atoms with Crippen LogP contribution in [0.1, 0.15) is 24.8 Å². The summed E-state index contributed by atoms with van der Waals surface area (Å²) in [6, 6.07) is 4.04. The zero-order valence-electron chi connectivity index (χ0n) is 11.8. The van der Waals surface area contributed by atoms with E-state index in [4.69, 9.17) is 18.0 Å². The van der Waals surface area contributed by atoms with Crippen LogP contribution in [-0.2, 0) is 6.54 Å². The van der Waals surface area contributed by atoms with Crippen molar-refractivity contribution in [2.24, 2.45) is 5.92 Å². The summed E-state index contributed by atoms with van der Waals surface area (Å²) in [5.41, 5.74) is 0.0386. The van der Waals surface area contributed by atoms with Gasteiger partial charge in [0.05, 0.1) is 17.3 Å². The Labute approximate surface area is 132 Å². The number of halogens is 1. The lowest BCUT2D eigenvalue weighted by Gasteiger charge is -2.22. The van der Waals surface area contributed by atoms with Crippen LogP contribution in [0.5, 0.6) is 0 Å².